The molecule has 0 amide bonds. The molecule has 0 spiro atoms. The topological polar surface area (TPSA) is 75.2 Å². The lowest BCUT2D eigenvalue weighted by Gasteiger charge is -2.23. The number of sulfone groups is 1. The molecule has 1 unspecified atom stereocenters. The second-order valence-corrected chi connectivity index (χ2v) is 6.82. The zero-order valence-corrected chi connectivity index (χ0v) is 11.4. The second kappa shape index (κ2) is 5.19. The molecule has 100 valence electrons. The molecule has 0 radical (unpaired) electrons. The van der Waals surface area contributed by atoms with E-state index in [0.29, 0.717) is 12.4 Å². The summed E-state index contributed by atoms with van der Waals surface area (Å²) in [5.74, 6) is 1.04. The molecule has 1 atom stereocenters. The summed E-state index contributed by atoms with van der Waals surface area (Å²) in [4.78, 5) is 10.4. The molecule has 2 rings (SSSR count). The molecule has 0 aliphatic carbocycles. The summed E-state index contributed by atoms with van der Waals surface area (Å²) in [5, 5.41) is 3.03. The van der Waals surface area contributed by atoms with E-state index in [2.05, 4.69) is 15.3 Å². The van der Waals surface area contributed by atoms with E-state index in [1.807, 2.05) is 19.0 Å². The maximum absolute atomic E-state index is 11.4. The molecule has 1 N–H and O–H groups in total. The summed E-state index contributed by atoms with van der Waals surface area (Å²) in [6.07, 6.45) is 4.18. The first-order valence-electron chi connectivity index (χ1n) is 5.90. The summed E-state index contributed by atoms with van der Waals surface area (Å²) < 4.78 is 22.9. The molecular formula is C11H18N4O2S. The maximum Gasteiger partial charge on any atom is 0.225 e. The van der Waals surface area contributed by atoms with Gasteiger partial charge in [0.05, 0.1) is 11.5 Å². The van der Waals surface area contributed by atoms with Gasteiger partial charge in [-0.05, 0) is 13.5 Å². The standard InChI is InChI=1S/C11H18N4O2S/c1-12-5-9-6-13-11(14-7-9)15(2)10-3-4-18(16,17)8-10/h6-7,10,12H,3-5,8H2,1-2H3. The number of rotatable bonds is 4. The van der Waals surface area contributed by atoms with E-state index in [-0.39, 0.29) is 17.5 Å². The van der Waals surface area contributed by atoms with Crippen molar-refractivity contribution in [3.8, 4) is 0 Å². The van der Waals surface area contributed by atoms with Crippen LogP contribution >= 0.6 is 0 Å². The average Bonchev–Trinajstić information content (AvgIpc) is 2.70. The molecule has 6 nitrogen and oxygen atoms in total. The minimum atomic E-state index is -2.87. The van der Waals surface area contributed by atoms with Crippen LogP contribution in [0.25, 0.3) is 0 Å². The van der Waals surface area contributed by atoms with Crippen LogP contribution in [0.15, 0.2) is 12.4 Å². The first-order valence-corrected chi connectivity index (χ1v) is 7.73. The molecule has 1 fully saturated rings. The molecule has 0 saturated carbocycles. The van der Waals surface area contributed by atoms with Crippen molar-refractivity contribution in [3.05, 3.63) is 18.0 Å². The summed E-state index contributed by atoms with van der Waals surface area (Å²) in [5.41, 5.74) is 1.01. The molecule has 1 saturated heterocycles. The summed E-state index contributed by atoms with van der Waals surface area (Å²) in [7, 11) is 0.838. The number of hydrogen-bond acceptors (Lipinski definition) is 6. The van der Waals surface area contributed by atoms with Crippen LogP contribution in [0.2, 0.25) is 0 Å². The van der Waals surface area contributed by atoms with Gasteiger partial charge in [-0.2, -0.15) is 0 Å². The van der Waals surface area contributed by atoms with Gasteiger partial charge in [0.1, 0.15) is 0 Å². The Morgan fingerprint density at radius 2 is 2.11 bits per heavy atom. The van der Waals surface area contributed by atoms with Crippen LogP contribution in [0.1, 0.15) is 12.0 Å². The Kier molecular flexibility index (Phi) is 3.82. The van der Waals surface area contributed by atoms with Crippen molar-refractivity contribution >= 4 is 15.8 Å². The molecule has 1 aromatic heterocycles. The fourth-order valence-corrected chi connectivity index (χ4v) is 3.84. The van der Waals surface area contributed by atoms with Crippen LogP contribution in [0, 0.1) is 0 Å². The van der Waals surface area contributed by atoms with Crippen LogP contribution in [0.5, 0.6) is 0 Å². The van der Waals surface area contributed by atoms with E-state index < -0.39 is 9.84 Å². The van der Waals surface area contributed by atoms with Gasteiger partial charge in [0.15, 0.2) is 9.84 Å². The molecule has 1 aliphatic rings. The Labute approximate surface area is 107 Å². The average molecular weight is 270 g/mol. The van der Waals surface area contributed by atoms with Crippen LogP contribution in [0.3, 0.4) is 0 Å². The Hall–Kier alpha value is -1.21. The lowest BCUT2D eigenvalue weighted by molar-refractivity contribution is 0.600. The minimum absolute atomic E-state index is 0.00912. The number of anilines is 1. The fourth-order valence-electron chi connectivity index (χ4n) is 2.07. The summed E-state index contributed by atoms with van der Waals surface area (Å²) in [6.45, 7) is 0.724. The van der Waals surface area contributed by atoms with Gasteiger partial charge in [-0.3, -0.25) is 0 Å². The van der Waals surface area contributed by atoms with Gasteiger partial charge < -0.3 is 10.2 Å². The first-order chi connectivity index (χ1) is 8.52. The number of nitrogens with zero attached hydrogens (tertiary/aromatic N) is 3. The van der Waals surface area contributed by atoms with Gasteiger partial charge in [-0.1, -0.05) is 0 Å². The van der Waals surface area contributed by atoms with Crippen molar-refractivity contribution in [1.82, 2.24) is 15.3 Å². The first kappa shape index (κ1) is 13.2. The summed E-state index contributed by atoms with van der Waals surface area (Å²) in [6, 6.07) is -0.00912. The molecule has 2 heterocycles. The fraction of sp³-hybridized carbons (Fsp3) is 0.636. The van der Waals surface area contributed by atoms with Gasteiger partial charge in [0.2, 0.25) is 5.95 Å². The van der Waals surface area contributed by atoms with E-state index in [0.717, 1.165) is 12.1 Å². The van der Waals surface area contributed by atoms with Crippen LogP contribution in [0.4, 0.5) is 5.95 Å². The third-order valence-corrected chi connectivity index (χ3v) is 4.89. The predicted octanol–water partition coefficient (Wildman–Crippen LogP) is -0.181. The molecule has 1 aliphatic heterocycles. The van der Waals surface area contributed by atoms with Crippen molar-refractivity contribution in [2.45, 2.75) is 19.0 Å². The monoisotopic (exact) mass is 270 g/mol. The maximum atomic E-state index is 11.4. The van der Waals surface area contributed by atoms with Crippen molar-refractivity contribution in [2.75, 3.05) is 30.5 Å². The Morgan fingerprint density at radius 3 is 2.61 bits per heavy atom. The number of aromatic nitrogens is 2. The highest BCUT2D eigenvalue weighted by Gasteiger charge is 2.31. The molecule has 18 heavy (non-hydrogen) atoms. The van der Waals surface area contributed by atoms with Crippen molar-refractivity contribution in [3.63, 3.8) is 0 Å². The third kappa shape index (κ3) is 2.97. The predicted molar refractivity (Wildman–Crippen MR) is 70.3 cm³/mol. The smallest absolute Gasteiger partial charge is 0.225 e. The Bertz CT molecular complexity index is 500. The highest BCUT2D eigenvalue weighted by atomic mass is 32.2. The lowest BCUT2D eigenvalue weighted by atomic mass is 10.2. The molecular weight excluding hydrogens is 252 g/mol. The SMILES string of the molecule is CNCc1cnc(N(C)C2CCS(=O)(=O)C2)nc1. The highest BCUT2D eigenvalue weighted by molar-refractivity contribution is 7.91. The Morgan fingerprint density at radius 1 is 1.44 bits per heavy atom. The van der Waals surface area contributed by atoms with E-state index in [4.69, 9.17) is 0 Å². The molecule has 7 heteroatoms. The van der Waals surface area contributed by atoms with Crippen LogP contribution < -0.4 is 10.2 Å². The molecule has 1 aromatic rings. The van der Waals surface area contributed by atoms with Crippen molar-refractivity contribution < 1.29 is 8.42 Å². The Balaban J connectivity index is 2.07. The van der Waals surface area contributed by atoms with Crippen molar-refractivity contribution in [2.24, 2.45) is 0 Å². The van der Waals surface area contributed by atoms with Gasteiger partial charge in [-0.15, -0.1) is 0 Å². The van der Waals surface area contributed by atoms with Crippen molar-refractivity contribution in [1.29, 1.82) is 0 Å². The lowest BCUT2D eigenvalue weighted by Crippen LogP contribution is -2.33. The quantitative estimate of drug-likeness (QED) is 0.818. The minimum Gasteiger partial charge on any atom is -0.340 e. The largest absolute Gasteiger partial charge is 0.340 e. The van der Waals surface area contributed by atoms with Crippen LogP contribution in [-0.4, -0.2) is 50.0 Å². The highest BCUT2D eigenvalue weighted by Crippen LogP contribution is 2.19. The second-order valence-electron chi connectivity index (χ2n) is 4.59. The van der Waals surface area contributed by atoms with Gasteiger partial charge >= 0.3 is 0 Å². The van der Waals surface area contributed by atoms with Gasteiger partial charge in [0.25, 0.3) is 0 Å². The normalized spacial score (nSPS) is 22.0. The zero-order valence-electron chi connectivity index (χ0n) is 10.6. The van der Waals surface area contributed by atoms with E-state index in [9.17, 15) is 8.42 Å². The molecule has 0 aromatic carbocycles. The van der Waals surface area contributed by atoms with Gasteiger partial charge in [-0.25, -0.2) is 18.4 Å². The van der Waals surface area contributed by atoms with E-state index in [1.165, 1.54) is 0 Å². The van der Waals surface area contributed by atoms with Crippen LogP contribution in [-0.2, 0) is 16.4 Å². The number of hydrogen-bond donors (Lipinski definition) is 1. The number of nitrogens with one attached hydrogen (secondary N) is 1. The van der Waals surface area contributed by atoms with E-state index >= 15 is 0 Å². The van der Waals surface area contributed by atoms with Gasteiger partial charge in [0, 0.05) is 37.6 Å². The summed E-state index contributed by atoms with van der Waals surface area (Å²) >= 11 is 0. The van der Waals surface area contributed by atoms with E-state index in [1.54, 1.807) is 12.4 Å². The molecule has 0 bridgehead atoms. The zero-order chi connectivity index (χ0) is 13.2. The third-order valence-electron chi connectivity index (χ3n) is 3.14.